The van der Waals surface area contributed by atoms with Crippen molar-refractivity contribution in [3.05, 3.63) is 48.3 Å². The first-order valence-corrected chi connectivity index (χ1v) is 9.58. The van der Waals surface area contributed by atoms with Crippen LogP contribution in [0.25, 0.3) is 10.2 Å². The highest BCUT2D eigenvalue weighted by Gasteiger charge is 2.15. The van der Waals surface area contributed by atoms with Crippen molar-refractivity contribution in [1.29, 1.82) is 0 Å². The zero-order chi connectivity index (χ0) is 17.3. The second kappa shape index (κ2) is 7.56. The molecule has 0 spiro atoms. The summed E-state index contributed by atoms with van der Waals surface area (Å²) in [5.74, 6) is -0.433. The van der Waals surface area contributed by atoms with Crippen LogP contribution in [0.2, 0.25) is 13.7 Å². The lowest BCUT2D eigenvalue weighted by Gasteiger charge is -2.05. The third-order valence-electron chi connectivity index (χ3n) is 3.26. The van der Waals surface area contributed by atoms with E-state index in [4.69, 9.17) is 39.5 Å². The van der Waals surface area contributed by atoms with Gasteiger partial charge in [-0.25, -0.2) is 0 Å². The number of hydrogen-bond donors (Lipinski definition) is 0. The summed E-state index contributed by atoms with van der Waals surface area (Å²) in [5, 5.41) is 0.602. The van der Waals surface area contributed by atoms with Crippen molar-refractivity contribution in [2.45, 2.75) is 6.54 Å². The van der Waals surface area contributed by atoms with Crippen molar-refractivity contribution in [3.8, 4) is 0 Å². The lowest BCUT2D eigenvalue weighted by Crippen LogP contribution is -2.19. The van der Waals surface area contributed by atoms with Crippen LogP contribution in [0.5, 0.6) is 0 Å². The molecule has 9 heteroatoms. The molecule has 0 fully saturated rings. The number of nitrogens with zero attached hydrogens (tertiary/aromatic N) is 2. The number of ether oxygens (including phenoxy) is 1. The maximum atomic E-state index is 12.5. The number of hydrogen-bond acceptors (Lipinski definition) is 4. The molecule has 24 heavy (non-hydrogen) atoms. The van der Waals surface area contributed by atoms with Crippen LogP contribution in [-0.4, -0.2) is 24.2 Å². The number of thiazole rings is 1. The topological polar surface area (TPSA) is 43.6 Å². The molecular formula is C15H11Cl3N2O2S2. The molecule has 2 aromatic heterocycles. The van der Waals surface area contributed by atoms with Crippen LogP contribution in [0, 0.1) is 0 Å². The van der Waals surface area contributed by atoms with E-state index >= 15 is 0 Å². The molecule has 2 heterocycles. The molecule has 0 radical (unpaired) electrons. The number of halogens is 3. The van der Waals surface area contributed by atoms with Gasteiger partial charge in [0.15, 0.2) is 4.80 Å². The van der Waals surface area contributed by atoms with Crippen LogP contribution in [0.4, 0.5) is 0 Å². The van der Waals surface area contributed by atoms with E-state index in [1.807, 2.05) is 16.7 Å². The molecule has 3 rings (SSSR count). The lowest BCUT2D eigenvalue weighted by atomic mass is 10.3. The smallest absolute Gasteiger partial charge is 0.282 e. The van der Waals surface area contributed by atoms with Crippen molar-refractivity contribution >= 4 is 73.6 Å². The van der Waals surface area contributed by atoms with Crippen LogP contribution < -0.4 is 4.80 Å². The number of rotatable bonds is 4. The molecule has 126 valence electrons. The van der Waals surface area contributed by atoms with E-state index in [1.54, 1.807) is 13.2 Å². The molecule has 0 unspecified atom stereocenters. The minimum Gasteiger partial charge on any atom is -0.383 e. The van der Waals surface area contributed by atoms with Gasteiger partial charge in [-0.3, -0.25) is 4.79 Å². The molecule has 3 aromatic rings. The van der Waals surface area contributed by atoms with E-state index in [0.29, 0.717) is 37.2 Å². The van der Waals surface area contributed by atoms with E-state index in [-0.39, 0.29) is 0 Å². The number of carbonyl (C=O) groups excluding carboxylic acids is 1. The predicted molar refractivity (Wildman–Crippen MR) is 101 cm³/mol. The Hall–Kier alpha value is -0.890. The van der Waals surface area contributed by atoms with E-state index in [2.05, 4.69) is 4.99 Å². The van der Waals surface area contributed by atoms with Gasteiger partial charge in [0, 0.05) is 13.7 Å². The average molecular weight is 422 g/mol. The van der Waals surface area contributed by atoms with Crippen LogP contribution in [0.15, 0.2) is 29.3 Å². The van der Waals surface area contributed by atoms with Gasteiger partial charge < -0.3 is 9.30 Å². The fourth-order valence-corrected chi connectivity index (χ4v) is 5.06. The minimum absolute atomic E-state index is 0.300. The molecule has 0 aliphatic heterocycles. The Labute approximate surface area is 160 Å². The van der Waals surface area contributed by atoms with Crippen molar-refractivity contribution in [1.82, 2.24) is 4.57 Å². The summed E-state index contributed by atoms with van der Waals surface area (Å²) in [7, 11) is 1.62. The lowest BCUT2D eigenvalue weighted by molar-refractivity contribution is 0.0998. The van der Waals surface area contributed by atoms with Gasteiger partial charge in [0.2, 0.25) is 0 Å². The Kier molecular flexibility index (Phi) is 5.64. The summed E-state index contributed by atoms with van der Waals surface area (Å²) >= 11 is 20.8. The second-order valence-corrected chi connectivity index (χ2v) is 8.47. The third-order valence-corrected chi connectivity index (χ3v) is 6.09. The Morgan fingerprint density at radius 1 is 1.29 bits per heavy atom. The maximum absolute atomic E-state index is 12.5. The SMILES string of the molecule is COCCn1c(=NC(=O)c2cc(Cl)sc2Cl)sc2cccc(Cl)c21. The Morgan fingerprint density at radius 2 is 2.08 bits per heavy atom. The van der Waals surface area contributed by atoms with Crippen molar-refractivity contribution in [2.75, 3.05) is 13.7 Å². The number of carbonyl (C=O) groups is 1. The number of thiophene rings is 1. The molecule has 0 N–H and O–H groups in total. The molecule has 0 bridgehead atoms. The highest BCUT2D eigenvalue weighted by Crippen LogP contribution is 2.31. The maximum Gasteiger partial charge on any atom is 0.282 e. The molecular weight excluding hydrogens is 411 g/mol. The summed E-state index contributed by atoms with van der Waals surface area (Å²) in [6.45, 7) is 1.01. The van der Waals surface area contributed by atoms with Crippen molar-refractivity contribution in [2.24, 2.45) is 4.99 Å². The molecule has 4 nitrogen and oxygen atoms in total. The molecule has 0 aliphatic rings. The van der Waals surface area contributed by atoms with E-state index < -0.39 is 5.91 Å². The van der Waals surface area contributed by atoms with Gasteiger partial charge in [-0.2, -0.15) is 4.99 Å². The van der Waals surface area contributed by atoms with Gasteiger partial charge in [-0.05, 0) is 18.2 Å². The van der Waals surface area contributed by atoms with Gasteiger partial charge >= 0.3 is 0 Å². The highest BCUT2D eigenvalue weighted by molar-refractivity contribution is 7.20. The highest BCUT2D eigenvalue weighted by atomic mass is 35.5. The zero-order valence-electron chi connectivity index (χ0n) is 12.4. The summed E-state index contributed by atoms with van der Waals surface area (Å²) in [6, 6.07) is 7.14. The van der Waals surface area contributed by atoms with E-state index in [0.717, 1.165) is 21.6 Å². The standard InChI is InChI=1S/C15H11Cl3N2O2S2/c1-22-6-5-20-12-9(16)3-2-4-10(12)23-15(20)19-14(21)8-7-11(17)24-13(8)18/h2-4,7H,5-6H2,1H3. The Balaban J connectivity index is 2.15. The molecule has 0 aliphatic carbocycles. The number of benzene rings is 1. The van der Waals surface area contributed by atoms with Gasteiger partial charge in [-0.1, -0.05) is 52.2 Å². The summed E-state index contributed by atoms with van der Waals surface area (Å²) < 4.78 is 8.75. The number of methoxy groups -OCH3 is 1. The van der Waals surface area contributed by atoms with Crippen LogP contribution in [-0.2, 0) is 11.3 Å². The van der Waals surface area contributed by atoms with Gasteiger partial charge in [0.05, 0.1) is 31.7 Å². The normalized spacial score (nSPS) is 12.2. The first kappa shape index (κ1) is 17.9. The molecule has 0 saturated heterocycles. The molecule has 1 aromatic carbocycles. The van der Waals surface area contributed by atoms with Crippen molar-refractivity contribution < 1.29 is 9.53 Å². The van der Waals surface area contributed by atoms with Crippen LogP contribution in [0.1, 0.15) is 10.4 Å². The fraction of sp³-hybridized carbons (Fsp3) is 0.200. The monoisotopic (exact) mass is 420 g/mol. The predicted octanol–water partition coefficient (Wildman–Crippen LogP) is 5.11. The number of aromatic nitrogens is 1. The van der Waals surface area contributed by atoms with Gasteiger partial charge in [-0.15, -0.1) is 11.3 Å². The largest absolute Gasteiger partial charge is 0.383 e. The van der Waals surface area contributed by atoms with Gasteiger partial charge in [0.1, 0.15) is 4.34 Å². The Bertz CT molecular complexity index is 975. The summed E-state index contributed by atoms with van der Waals surface area (Å²) in [5.41, 5.74) is 1.13. The second-order valence-electron chi connectivity index (χ2n) is 4.77. The number of fused-ring (bicyclic) bond motifs is 1. The number of amides is 1. The van der Waals surface area contributed by atoms with Gasteiger partial charge in [0.25, 0.3) is 5.91 Å². The Morgan fingerprint density at radius 3 is 2.75 bits per heavy atom. The minimum atomic E-state index is -0.433. The summed E-state index contributed by atoms with van der Waals surface area (Å²) in [4.78, 5) is 17.2. The number of para-hydroxylation sites is 1. The molecule has 0 saturated carbocycles. The molecule has 0 atom stereocenters. The van der Waals surface area contributed by atoms with E-state index in [9.17, 15) is 4.79 Å². The first-order valence-electron chi connectivity index (χ1n) is 6.82. The fourth-order valence-electron chi connectivity index (χ4n) is 2.20. The van der Waals surface area contributed by atoms with Crippen molar-refractivity contribution in [3.63, 3.8) is 0 Å². The quantitative estimate of drug-likeness (QED) is 0.587. The van der Waals surface area contributed by atoms with Crippen LogP contribution in [0.3, 0.4) is 0 Å². The third kappa shape index (κ3) is 3.54. The molecule has 1 amide bonds. The van der Waals surface area contributed by atoms with Crippen LogP contribution >= 0.6 is 57.5 Å². The zero-order valence-corrected chi connectivity index (χ0v) is 16.3. The van der Waals surface area contributed by atoms with E-state index in [1.165, 1.54) is 17.4 Å². The first-order chi connectivity index (χ1) is 11.5. The summed E-state index contributed by atoms with van der Waals surface area (Å²) in [6.07, 6.45) is 0. The average Bonchev–Trinajstić information content (AvgIpc) is 3.05.